The van der Waals surface area contributed by atoms with Crippen LogP contribution in [0.1, 0.15) is 32.8 Å². The molecule has 0 fully saturated rings. The Hall–Kier alpha value is -3.61. The number of pyridine rings is 1. The minimum Gasteiger partial charge on any atom is -0.444 e. The van der Waals surface area contributed by atoms with Gasteiger partial charge in [0.05, 0.1) is 17.4 Å². The fraction of sp³-hybridized carbons (Fsp3) is 0.320. The van der Waals surface area contributed by atoms with E-state index in [1.807, 2.05) is 63.5 Å². The third-order valence-corrected chi connectivity index (χ3v) is 5.00. The van der Waals surface area contributed by atoms with Crippen molar-refractivity contribution < 1.29 is 9.53 Å². The molecular weight excluding hydrogens is 402 g/mol. The molecule has 4 rings (SSSR count). The van der Waals surface area contributed by atoms with E-state index < -0.39 is 11.7 Å². The van der Waals surface area contributed by atoms with E-state index in [1.54, 1.807) is 0 Å². The van der Waals surface area contributed by atoms with Crippen LogP contribution in [0.2, 0.25) is 0 Å². The molecule has 0 aliphatic rings. The average molecular weight is 432 g/mol. The first-order valence-electron chi connectivity index (χ1n) is 10.9. The SMILES string of the molecule is CC(C)(C)OC(=O)NCCCn1cnc2c(NCc3ccccc3)nc3ccccc3c21. The maximum absolute atomic E-state index is 11.9. The molecule has 0 spiro atoms. The summed E-state index contributed by atoms with van der Waals surface area (Å²) in [6, 6.07) is 18.3. The number of alkyl carbamates (subject to hydrolysis) is 1. The average Bonchev–Trinajstić information content (AvgIpc) is 3.19. The van der Waals surface area contributed by atoms with E-state index in [0.29, 0.717) is 13.1 Å². The summed E-state index contributed by atoms with van der Waals surface area (Å²) >= 11 is 0. The summed E-state index contributed by atoms with van der Waals surface area (Å²) in [4.78, 5) is 21.4. The molecule has 1 amide bonds. The molecule has 2 aromatic heterocycles. The summed E-state index contributed by atoms with van der Waals surface area (Å²) in [6.45, 7) is 7.48. The standard InChI is InChI=1S/C25H29N5O2/c1-25(2,3)32-24(31)26-14-9-15-30-17-28-21-22(30)19-12-7-8-13-20(19)29-23(21)27-16-18-10-5-4-6-11-18/h4-8,10-13,17H,9,14-16H2,1-3H3,(H,26,31)(H,27,29). The van der Waals surface area contributed by atoms with Crippen LogP contribution in [0.25, 0.3) is 21.9 Å². The number of carbonyl (C=O) groups is 1. The highest BCUT2D eigenvalue weighted by Crippen LogP contribution is 2.29. The molecule has 2 N–H and O–H groups in total. The zero-order valence-electron chi connectivity index (χ0n) is 18.8. The van der Waals surface area contributed by atoms with Crippen LogP contribution in [0.5, 0.6) is 0 Å². The molecular formula is C25H29N5O2. The highest BCUT2D eigenvalue weighted by atomic mass is 16.6. The summed E-state index contributed by atoms with van der Waals surface area (Å²) < 4.78 is 7.43. The number of ether oxygens (including phenoxy) is 1. The number of rotatable bonds is 7. The van der Waals surface area contributed by atoms with Crippen LogP contribution in [-0.4, -0.2) is 32.8 Å². The Balaban J connectivity index is 1.52. The third kappa shape index (κ3) is 5.17. The number of carbonyl (C=O) groups excluding carboxylic acids is 1. The van der Waals surface area contributed by atoms with E-state index in [0.717, 1.165) is 40.7 Å². The van der Waals surface area contributed by atoms with Crippen molar-refractivity contribution >= 4 is 33.8 Å². The molecule has 7 heteroatoms. The predicted molar refractivity (Wildman–Crippen MR) is 128 cm³/mol. The van der Waals surface area contributed by atoms with Gasteiger partial charge < -0.3 is 19.9 Å². The quantitative estimate of drug-likeness (QED) is 0.397. The number of imidazole rings is 1. The molecule has 0 radical (unpaired) electrons. The van der Waals surface area contributed by atoms with Crippen molar-refractivity contribution in [2.75, 3.05) is 11.9 Å². The van der Waals surface area contributed by atoms with Crippen molar-refractivity contribution in [3.63, 3.8) is 0 Å². The summed E-state index contributed by atoms with van der Waals surface area (Å²) in [5.41, 5.74) is 3.50. The monoisotopic (exact) mass is 431 g/mol. The van der Waals surface area contributed by atoms with E-state index in [1.165, 1.54) is 5.56 Å². The molecule has 0 atom stereocenters. The van der Waals surface area contributed by atoms with Crippen molar-refractivity contribution in [3.8, 4) is 0 Å². The second-order valence-electron chi connectivity index (χ2n) is 8.73. The van der Waals surface area contributed by atoms with Gasteiger partial charge in [-0.1, -0.05) is 48.5 Å². The van der Waals surface area contributed by atoms with Gasteiger partial charge in [-0.05, 0) is 38.8 Å². The first kappa shape index (κ1) is 21.6. The fourth-order valence-electron chi connectivity index (χ4n) is 3.61. The topological polar surface area (TPSA) is 81.1 Å². The maximum atomic E-state index is 11.9. The summed E-state index contributed by atoms with van der Waals surface area (Å²) in [5, 5.41) is 7.33. The van der Waals surface area contributed by atoms with Gasteiger partial charge in [0.25, 0.3) is 0 Å². The maximum Gasteiger partial charge on any atom is 0.407 e. The first-order valence-corrected chi connectivity index (χ1v) is 10.9. The fourth-order valence-corrected chi connectivity index (χ4v) is 3.61. The Bertz CT molecular complexity index is 1210. The highest BCUT2D eigenvalue weighted by Gasteiger charge is 2.16. The van der Waals surface area contributed by atoms with E-state index in [4.69, 9.17) is 9.72 Å². The van der Waals surface area contributed by atoms with Gasteiger partial charge in [0.2, 0.25) is 0 Å². The van der Waals surface area contributed by atoms with Gasteiger partial charge in [-0.2, -0.15) is 0 Å². The third-order valence-electron chi connectivity index (χ3n) is 5.00. The van der Waals surface area contributed by atoms with E-state index in [2.05, 4.69) is 38.4 Å². The summed E-state index contributed by atoms with van der Waals surface area (Å²) in [6.07, 6.45) is 2.21. The second kappa shape index (κ2) is 9.26. The molecule has 0 saturated heterocycles. The summed E-state index contributed by atoms with van der Waals surface area (Å²) in [7, 11) is 0. The second-order valence-corrected chi connectivity index (χ2v) is 8.73. The number of benzene rings is 2. The number of para-hydroxylation sites is 1. The van der Waals surface area contributed by atoms with Gasteiger partial charge in [0.1, 0.15) is 11.1 Å². The Morgan fingerprint density at radius 3 is 2.59 bits per heavy atom. The minimum atomic E-state index is -0.500. The van der Waals surface area contributed by atoms with Crippen LogP contribution >= 0.6 is 0 Å². The Kier molecular flexibility index (Phi) is 6.25. The number of aromatic nitrogens is 3. The number of nitrogens with zero attached hydrogens (tertiary/aromatic N) is 3. The normalized spacial score (nSPS) is 11.6. The van der Waals surface area contributed by atoms with Gasteiger partial charge in [-0.15, -0.1) is 0 Å². The Labute approximate surface area is 187 Å². The lowest BCUT2D eigenvalue weighted by Gasteiger charge is -2.19. The van der Waals surface area contributed by atoms with E-state index >= 15 is 0 Å². The number of anilines is 1. The Morgan fingerprint density at radius 1 is 1.06 bits per heavy atom. The smallest absolute Gasteiger partial charge is 0.407 e. The number of amides is 1. The number of hydrogen-bond donors (Lipinski definition) is 2. The molecule has 2 heterocycles. The van der Waals surface area contributed by atoms with Gasteiger partial charge in [-0.25, -0.2) is 14.8 Å². The molecule has 0 saturated carbocycles. The number of fused-ring (bicyclic) bond motifs is 3. The van der Waals surface area contributed by atoms with Crippen molar-refractivity contribution in [3.05, 3.63) is 66.5 Å². The number of nitrogens with one attached hydrogen (secondary N) is 2. The lowest BCUT2D eigenvalue weighted by atomic mass is 10.1. The van der Waals surface area contributed by atoms with Crippen molar-refractivity contribution in [2.24, 2.45) is 0 Å². The minimum absolute atomic E-state index is 0.393. The van der Waals surface area contributed by atoms with Crippen LogP contribution < -0.4 is 10.6 Å². The largest absolute Gasteiger partial charge is 0.444 e. The number of aryl methyl sites for hydroxylation is 1. The molecule has 0 aliphatic carbocycles. The van der Waals surface area contributed by atoms with Crippen molar-refractivity contribution in [2.45, 2.75) is 45.9 Å². The molecule has 7 nitrogen and oxygen atoms in total. The molecule has 32 heavy (non-hydrogen) atoms. The van der Waals surface area contributed by atoms with Gasteiger partial charge in [-0.3, -0.25) is 0 Å². The van der Waals surface area contributed by atoms with Crippen molar-refractivity contribution in [1.29, 1.82) is 0 Å². The molecule has 2 aromatic carbocycles. The molecule has 0 bridgehead atoms. The summed E-state index contributed by atoms with van der Waals surface area (Å²) in [5.74, 6) is 0.771. The molecule has 0 unspecified atom stereocenters. The molecule has 0 aliphatic heterocycles. The van der Waals surface area contributed by atoms with Crippen LogP contribution in [0.3, 0.4) is 0 Å². The van der Waals surface area contributed by atoms with Gasteiger partial charge in [0, 0.05) is 25.0 Å². The molecule has 4 aromatic rings. The predicted octanol–water partition coefficient (Wildman–Crippen LogP) is 5.11. The lowest BCUT2D eigenvalue weighted by Crippen LogP contribution is -2.33. The molecule has 166 valence electrons. The first-order chi connectivity index (χ1) is 15.4. The zero-order chi connectivity index (χ0) is 22.6. The van der Waals surface area contributed by atoms with Gasteiger partial charge >= 0.3 is 6.09 Å². The van der Waals surface area contributed by atoms with Crippen molar-refractivity contribution in [1.82, 2.24) is 19.9 Å². The van der Waals surface area contributed by atoms with Crippen LogP contribution in [0, 0.1) is 0 Å². The zero-order valence-corrected chi connectivity index (χ0v) is 18.8. The van der Waals surface area contributed by atoms with E-state index in [-0.39, 0.29) is 0 Å². The highest BCUT2D eigenvalue weighted by molar-refractivity contribution is 6.06. The Morgan fingerprint density at radius 2 is 1.81 bits per heavy atom. The van der Waals surface area contributed by atoms with Crippen LogP contribution in [0.4, 0.5) is 10.6 Å². The van der Waals surface area contributed by atoms with Crippen LogP contribution in [0.15, 0.2) is 60.9 Å². The van der Waals surface area contributed by atoms with E-state index in [9.17, 15) is 4.79 Å². The number of hydrogen-bond acceptors (Lipinski definition) is 5. The lowest BCUT2D eigenvalue weighted by molar-refractivity contribution is 0.0526. The van der Waals surface area contributed by atoms with Gasteiger partial charge in [0.15, 0.2) is 5.82 Å². The van der Waals surface area contributed by atoms with Crippen LogP contribution in [-0.2, 0) is 17.8 Å².